The van der Waals surface area contributed by atoms with E-state index in [1.54, 1.807) is 30.3 Å². The molecule has 2 aromatic carbocycles. The first-order chi connectivity index (χ1) is 13.1. The summed E-state index contributed by atoms with van der Waals surface area (Å²) >= 11 is 5.23. The van der Waals surface area contributed by atoms with E-state index in [0.29, 0.717) is 16.8 Å². The van der Waals surface area contributed by atoms with Crippen LogP contribution in [-0.4, -0.2) is 34.9 Å². The fourth-order valence-corrected chi connectivity index (χ4v) is 3.32. The van der Waals surface area contributed by atoms with Gasteiger partial charge in [0.25, 0.3) is 11.8 Å². The van der Waals surface area contributed by atoms with Gasteiger partial charge in [-0.15, -0.1) is 0 Å². The number of thiocarbonyl (C=S) groups is 1. The number of hydrogen-bond donors (Lipinski definition) is 2. The van der Waals surface area contributed by atoms with Gasteiger partial charge in [0.2, 0.25) is 0 Å². The molecule has 6 heteroatoms. The van der Waals surface area contributed by atoms with Gasteiger partial charge in [0.05, 0.1) is 0 Å². The molecule has 1 aliphatic heterocycles. The number of carbonyl (C=O) groups is 2. The molecule has 27 heavy (non-hydrogen) atoms. The highest BCUT2D eigenvalue weighted by molar-refractivity contribution is 7.80. The van der Waals surface area contributed by atoms with Gasteiger partial charge in [-0.05, 0) is 55.4 Å². The fraction of sp³-hybridized carbons (Fsp3) is 0.286. The van der Waals surface area contributed by atoms with Crippen molar-refractivity contribution in [2.45, 2.75) is 25.7 Å². The number of amides is 2. The number of carbonyl (C=O) groups excluding carboxylic acids is 2. The zero-order valence-electron chi connectivity index (χ0n) is 15.1. The number of likely N-dealkylation sites (tertiary alicyclic amines) is 1. The Hall–Kier alpha value is -2.73. The normalized spacial score (nSPS) is 14.1. The van der Waals surface area contributed by atoms with E-state index in [0.717, 1.165) is 25.9 Å². The fourth-order valence-electron chi connectivity index (χ4n) is 3.11. The molecule has 0 radical (unpaired) electrons. The maximum Gasteiger partial charge on any atom is 0.257 e. The molecule has 1 heterocycles. The highest BCUT2D eigenvalue weighted by Crippen LogP contribution is 2.16. The molecular formula is C21H23N3O2S. The van der Waals surface area contributed by atoms with Crippen molar-refractivity contribution in [2.24, 2.45) is 0 Å². The summed E-state index contributed by atoms with van der Waals surface area (Å²) in [5, 5.41) is 5.83. The summed E-state index contributed by atoms with van der Waals surface area (Å²) in [7, 11) is 0. The van der Waals surface area contributed by atoms with Crippen LogP contribution in [-0.2, 0) is 0 Å². The summed E-state index contributed by atoms with van der Waals surface area (Å²) in [6.45, 7) is 1.62. The van der Waals surface area contributed by atoms with E-state index in [4.69, 9.17) is 12.2 Å². The highest BCUT2D eigenvalue weighted by Gasteiger charge is 2.17. The molecule has 2 amide bonds. The van der Waals surface area contributed by atoms with Crippen molar-refractivity contribution in [3.63, 3.8) is 0 Å². The quantitative estimate of drug-likeness (QED) is 0.794. The summed E-state index contributed by atoms with van der Waals surface area (Å²) in [6, 6.07) is 16.1. The second kappa shape index (κ2) is 9.28. The number of rotatable bonds is 3. The van der Waals surface area contributed by atoms with Crippen LogP contribution < -0.4 is 10.6 Å². The lowest BCUT2D eigenvalue weighted by molar-refractivity contribution is 0.0761. The summed E-state index contributed by atoms with van der Waals surface area (Å²) in [4.78, 5) is 26.8. The van der Waals surface area contributed by atoms with Crippen molar-refractivity contribution >= 4 is 34.8 Å². The minimum absolute atomic E-state index is 0.0415. The van der Waals surface area contributed by atoms with Crippen molar-refractivity contribution < 1.29 is 9.59 Å². The number of nitrogens with zero attached hydrogens (tertiary/aromatic N) is 1. The predicted molar refractivity (Wildman–Crippen MR) is 111 cm³/mol. The Morgan fingerprint density at radius 2 is 1.52 bits per heavy atom. The Kier molecular flexibility index (Phi) is 6.54. The number of nitrogens with one attached hydrogen (secondary N) is 2. The Labute approximate surface area is 164 Å². The number of benzene rings is 2. The van der Waals surface area contributed by atoms with Gasteiger partial charge in [0.1, 0.15) is 0 Å². The lowest BCUT2D eigenvalue weighted by atomic mass is 10.1. The Balaban J connectivity index is 1.62. The van der Waals surface area contributed by atoms with Crippen LogP contribution in [0, 0.1) is 0 Å². The van der Waals surface area contributed by atoms with Crippen LogP contribution in [0.25, 0.3) is 0 Å². The lowest BCUT2D eigenvalue weighted by Crippen LogP contribution is -2.34. The molecule has 1 saturated heterocycles. The molecule has 140 valence electrons. The average Bonchev–Trinajstić information content (AvgIpc) is 2.97. The van der Waals surface area contributed by atoms with Crippen molar-refractivity contribution in [1.29, 1.82) is 0 Å². The van der Waals surface area contributed by atoms with Crippen LogP contribution in [0.3, 0.4) is 0 Å². The molecule has 0 unspecified atom stereocenters. The smallest absolute Gasteiger partial charge is 0.257 e. The van der Waals surface area contributed by atoms with Gasteiger partial charge in [0.15, 0.2) is 5.11 Å². The minimum Gasteiger partial charge on any atom is -0.339 e. The second-order valence-electron chi connectivity index (χ2n) is 6.56. The monoisotopic (exact) mass is 381 g/mol. The molecule has 5 nitrogen and oxygen atoms in total. The van der Waals surface area contributed by atoms with Crippen molar-refractivity contribution in [3.8, 4) is 0 Å². The van der Waals surface area contributed by atoms with Gasteiger partial charge in [0, 0.05) is 29.9 Å². The summed E-state index contributed by atoms with van der Waals surface area (Å²) in [5.41, 5.74) is 1.83. The zero-order valence-corrected chi connectivity index (χ0v) is 15.9. The third-order valence-electron chi connectivity index (χ3n) is 4.52. The summed E-state index contributed by atoms with van der Waals surface area (Å²) in [6.07, 6.45) is 4.47. The molecule has 1 aliphatic rings. The lowest BCUT2D eigenvalue weighted by Gasteiger charge is -2.20. The first-order valence-corrected chi connectivity index (χ1v) is 9.61. The molecular weight excluding hydrogens is 358 g/mol. The van der Waals surface area contributed by atoms with E-state index in [1.807, 2.05) is 29.2 Å². The van der Waals surface area contributed by atoms with Gasteiger partial charge in [-0.25, -0.2) is 0 Å². The standard InChI is InChI=1S/C21H23N3O2S/c25-19(16-9-4-3-5-10-16)23-21(27)22-18-12-8-11-17(15-18)20(26)24-13-6-1-2-7-14-24/h3-5,8-12,15H,1-2,6-7,13-14H2,(H2,22,23,25,27). The molecule has 3 rings (SSSR count). The van der Waals surface area contributed by atoms with Crippen molar-refractivity contribution in [2.75, 3.05) is 18.4 Å². The van der Waals surface area contributed by atoms with Crippen molar-refractivity contribution in [3.05, 3.63) is 65.7 Å². The number of anilines is 1. The molecule has 0 spiro atoms. The topological polar surface area (TPSA) is 61.4 Å². The van der Waals surface area contributed by atoms with E-state index >= 15 is 0 Å². The Morgan fingerprint density at radius 1 is 0.852 bits per heavy atom. The Morgan fingerprint density at radius 3 is 2.22 bits per heavy atom. The highest BCUT2D eigenvalue weighted by atomic mass is 32.1. The third kappa shape index (κ3) is 5.37. The van der Waals surface area contributed by atoms with E-state index in [-0.39, 0.29) is 16.9 Å². The minimum atomic E-state index is -0.273. The second-order valence-corrected chi connectivity index (χ2v) is 6.97. The number of hydrogen-bond acceptors (Lipinski definition) is 3. The molecule has 1 fully saturated rings. The van der Waals surface area contributed by atoms with Gasteiger partial charge in [-0.3, -0.25) is 14.9 Å². The van der Waals surface area contributed by atoms with Gasteiger partial charge in [-0.1, -0.05) is 37.1 Å². The van der Waals surface area contributed by atoms with Crippen LogP contribution in [0.1, 0.15) is 46.4 Å². The van der Waals surface area contributed by atoms with Crippen LogP contribution in [0.2, 0.25) is 0 Å². The van der Waals surface area contributed by atoms with Gasteiger partial charge in [-0.2, -0.15) is 0 Å². The van der Waals surface area contributed by atoms with E-state index in [1.165, 1.54) is 12.8 Å². The summed E-state index contributed by atoms with van der Waals surface area (Å²) < 4.78 is 0. The van der Waals surface area contributed by atoms with E-state index in [9.17, 15) is 9.59 Å². The first kappa shape index (κ1) is 19.0. The van der Waals surface area contributed by atoms with E-state index < -0.39 is 0 Å². The molecule has 0 bridgehead atoms. The van der Waals surface area contributed by atoms with Crippen LogP contribution in [0.5, 0.6) is 0 Å². The first-order valence-electron chi connectivity index (χ1n) is 9.20. The maximum absolute atomic E-state index is 12.7. The molecule has 2 N–H and O–H groups in total. The summed E-state index contributed by atoms with van der Waals surface area (Å²) in [5.74, 6) is -0.232. The largest absolute Gasteiger partial charge is 0.339 e. The SMILES string of the molecule is O=C(NC(=S)Nc1cccc(C(=O)N2CCCCCC2)c1)c1ccccc1. The molecule has 0 saturated carbocycles. The average molecular weight is 382 g/mol. The molecule has 2 aromatic rings. The van der Waals surface area contributed by atoms with E-state index in [2.05, 4.69) is 10.6 Å². The zero-order chi connectivity index (χ0) is 19.1. The van der Waals surface area contributed by atoms with Crippen molar-refractivity contribution in [1.82, 2.24) is 10.2 Å². The molecule has 0 atom stereocenters. The molecule has 0 aliphatic carbocycles. The Bertz CT molecular complexity index is 815. The van der Waals surface area contributed by atoms with Crippen LogP contribution >= 0.6 is 12.2 Å². The molecule has 0 aromatic heterocycles. The predicted octanol–water partition coefficient (Wildman–Crippen LogP) is 3.83. The maximum atomic E-state index is 12.7. The van der Waals surface area contributed by atoms with Crippen LogP contribution in [0.4, 0.5) is 5.69 Å². The van der Waals surface area contributed by atoms with Gasteiger partial charge >= 0.3 is 0 Å². The van der Waals surface area contributed by atoms with Crippen LogP contribution in [0.15, 0.2) is 54.6 Å². The third-order valence-corrected chi connectivity index (χ3v) is 4.73. The van der Waals surface area contributed by atoms with Gasteiger partial charge < -0.3 is 10.2 Å².